The van der Waals surface area contributed by atoms with Gasteiger partial charge >= 0.3 is 0 Å². The minimum Gasteiger partial charge on any atom is -0.398 e. The molecule has 0 saturated carbocycles. The first-order chi connectivity index (χ1) is 9.02. The first-order valence-corrected chi connectivity index (χ1v) is 6.98. The van der Waals surface area contributed by atoms with E-state index >= 15 is 0 Å². The molecule has 1 fully saturated rings. The summed E-state index contributed by atoms with van der Waals surface area (Å²) >= 11 is 0. The van der Waals surface area contributed by atoms with Crippen molar-refractivity contribution in [2.75, 3.05) is 17.2 Å². The zero-order valence-electron chi connectivity index (χ0n) is 11.7. The minimum atomic E-state index is -0.463. The summed E-state index contributed by atoms with van der Waals surface area (Å²) in [5.74, 6) is 0.353. The van der Waals surface area contributed by atoms with Crippen molar-refractivity contribution in [3.05, 3.63) is 23.8 Å². The van der Waals surface area contributed by atoms with Crippen molar-refractivity contribution >= 4 is 17.3 Å². The highest BCUT2D eigenvalue weighted by atomic mass is 16.1. The van der Waals surface area contributed by atoms with E-state index < -0.39 is 5.91 Å². The lowest BCUT2D eigenvalue weighted by molar-refractivity contribution is 0.100. The molecule has 1 heterocycles. The van der Waals surface area contributed by atoms with Crippen LogP contribution in [0.5, 0.6) is 0 Å². The Morgan fingerprint density at radius 2 is 2.21 bits per heavy atom. The molecule has 4 nitrogen and oxygen atoms in total. The van der Waals surface area contributed by atoms with Crippen molar-refractivity contribution in [3.63, 3.8) is 0 Å². The number of carbonyl (C=O) groups excluding carboxylic acids is 1. The number of hydrogen-bond acceptors (Lipinski definition) is 3. The van der Waals surface area contributed by atoms with Crippen LogP contribution in [0.2, 0.25) is 0 Å². The molecule has 4 N–H and O–H groups in total. The van der Waals surface area contributed by atoms with E-state index in [1.54, 1.807) is 6.07 Å². The highest BCUT2D eigenvalue weighted by Crippen LogP contribution is 2.31. The van der Waals surface area contributed by atoms with Crippen LogP contribution in [0.15, 0.2) is 18.2 Å². The van der Waals surface area contributed by atoms with Gasteiger partial charge in [0.2, 0.25) is 0 Å². The van der Waals surface area contributed by atoms with Crippen LogP contribution < -0.4 is 16.4 Å². The third-order valence-electron chi connectivity index (χ3n) is 4.20. The number of nitrogens with zero attached hydrogens (tertiary/aromatic N) is 1. The van der Waals surface area contributed by atoms with E-state index in [4.69, 9.17) is 11.5 Å². The first kappa shape index (κ1) is 13.7. The van der Waals surface area contributed by atoms with Gasteiger partial charge in [0.15, 0.2) is 0 Å². The number of nitrogens with two attached hydrogens (primary N) is 2. The molecule has 0 radical (unpaired) electrons. The van der Waals surface area contributed by atoms with E-state index in [-0.39, 0.29) is 0 Å². The fourth-order valence-corrected chi connectivity index (χ4v) is 2.96. The van der Waals surface area contributed by atoms with E-state index in [9.17, 15) is 4.79 Å². The Morgan fingerprint density at radius 3 is 2.79 bits per heavy atom. The van der Waals surface area contributed by atoms with Crippen molar-refractivity contribution in [3.8, 4) is 0 Å². The van der Waals surface area contributed by atoms with Crippen molar-refractivity contribution in [1.29, 1.82) is 0 Å². The summed E-state index contributed by atoms with van der Waals surface area (Å²) in [4.78, 5) is 13.7. The number of nitrogen functional groups attached to an aromatic ring is 1. The largest absolute Gasteiger partial charge is 0.398 e. The molecule has 1 aromatic carbocycles. The van der Waals surface area contributed by atoms with Gasteiger partial charge in [-0.05, 0) is 43.9 Å². The summed E-state index contributed by atoms with van der Waals surface area (Å²) in [5, 5.41) is 0. The summed E-state index contributed by atoms with van der Waals surface area (Å²) in [6.07, 6.45) is 3.65. The van der Waals surface area contributed by atoms with E-state index in [1.807, 2.05) is 12.1 Å². The number of hydrogen-bond donors (Lipinski definition) is 2. The van der Waals surface area contributed by atoms with Gasteiger partial charge in [-0.1, -0.05) is 13.3 Å². The van der Waals surface area contributed by atoms with E-state index in [0.29, 0.717) is 17.3 Å². The summed E-state index contributed by atoms with van der Waals surface area (Å²) < 4.78 is 0. The third kappa shape index (κ3) is 2.83. The maximum Gasteiger partial charge on any atom is 0.250 e. The molecule has 104 valence electrons. The van der Waals surface area contributed by atoms with E-state index in [1.165, 1.54) is 19.3 Å². The molecule has 0 spiro atoms. The Balaban J connectivity index is 2.23. The average molecular weight is 261 g/mol. The number of rotatable bonds is 3. The van der Waals surface area contributed by atoms with Crippen LogP contribution in [-0.4, -0.2) is 18.5 Å². The monoisotopic (exact) mass is 261 g/mol. The van der Waals surface area contributed by atoms with Gasteiger partial charge in [-0.25, -0.2) is 0 Å². The molecule has 0 aromatic heterocycles. The molecule has 2 atom stereocenters. The molecule has 4 heteroatoms. The number of carbonyl (C=O) groups is 1. The Bertz CT molecular complexity index is 472. The Kier molecular flexibility index (Phi) is 3.98. The second-order valence-electron chi connectivity index (χ2n) is 5.48. The van der Waals surface area contributed by atoms with Crippen LogP contribution in [0.1, 0.15) is 43.5 Å². The molecule has 19 heavy (non-hydrogen) atoms. The average Bonchev–Trinajstić information content (AvgIpc) is 2.39. The number of anilines is 2. The summed E-state index contributed by atoms with van der Waals surface area (Å²) in [6, 6.07) is 6.06. The zero-order chi connectivity index (χ0) is 14.0. The van der Waals surface area contributed by atoms with Gasteiger partial charge < -0.3 is 16.4 Å². The smallest absolute Gasteiger partial charge is 0.250 e. The number of piperidine rings is 1. The van der Waals surface area contributed by atoms with Crippen LogP contribution in [0, 0.1) is 5.92 Å². The molecule has 1 amide bonds. The highest BCUT2D eigenvalue weighted by molar-refractivity contribution is 5.99. The first-order valence-electron chi connectivity index (χ1n) is 6.98. The van der Waals surface area contributed by atoms with Crippen LogP contribution in [0.4, 0.5) is 11.4 Å². The summed E-state index contributed by atoms with van der Waals surface area (Å²) in [6.45, 7) is 5.52. The lowest BCUT2D eigenvalue weighted by atomic mass is 9.89. The fourth-order valence-electron chi connectivity index (χ4n) is 2.96. The predicted octanol–water partition coefficient (Wildman–Crippen LogP) is 2.38. The molecular formula is C15H23N3O. The van der Waals surface area contributed by atoms with Crippen molar-refractivity contribution in [1.82, 2.24) is 0 Å². The number of amides is 1. The third-order valence-corrected chi connectivity index (χ3v) is 4.20. The van der Waals surface area contributed by atoms with Gasteiger partial charge in [0.05, 0.1) is 5.56 Å². The number of primary amides is 1. The molecule has 1 unspecified atom stereocenters. The molecule has 1 aliphatic rings. The lowest BCUT2D eigenvalue weighted by Crippen LogP contribution is -2.40. The molecule has 1 saturated heterocycles. The van der Waals surface area contributed by atoms with Gasteiger partial charge in [0.1, 0.15) is 0 Å². The standard InChI is InChI=1S/C15H23N3O/c1-3-11-6-7-18(10(2)8-11)12-4-5-14(16)13(9-12)15(17)19/h4-5,9-11H,3,6-8,16H2,1-2H3,(H2,17,19)/t10-,11?/m0/s1. The highest BCUT2D eigenvalue weighted by Gasteiger charge is 2.25. The Hall–Kier alpha value is -1.71. The van der Waals surface area contributed by atoms with Gasteiger partial charge in [0.25, 0.3) is 5.91 Å². The second kappa shape index (κ2) is 5.51. The molecular weight excluding hydrogens is 238 g/mol. The minimum absolute atomic E-state index is 0.419. The Morgan fingerprint density at radius 1 is 1.47 bits per heavy atom. The molecule has 1 aromatic rings. The van der Waals surface area contributed by atoms with Crippen LogP contribution >= 0.6 is 0 Å². The van der Waals surface area contributed by atoms with Gasteiger partial charge in [-0.2, -0.15) is 0 Å². The van der Waals surface area contributed by atoms with Crippen molar-refractivity contribution < 1.29 is 4.79 Å². The normalized spacial score (nSPS) is 23.4. The second-order valence-corrected chi connectivity index (χ2v) is 5.48. The molecule has 0 aliphatic carbocycles. The predicted molar refractivity (Wildman–Crippen MR) is 79.2 cm³/mol. The fraction of sp³-hybridized carbons (Fsp3) is 0.533. The SMILES string of the molecule is CCC1CCN(c2ccc(N)c(C(N)=O)c2)[C@@H](C)C1. The van der Waals surface area contributed by atoms with Crippen LogP contribution in [-0.2, 0) is 0 Å². The van der Waals surface area contributed by atoms with Crippen molar-refractivity contribution in [2.24, 2.45) is 11.7 Å². The van der Waals surface area contributed by atoms with E-state index in [2.05, 4.69) is 18.7 Å². The van der Waals surface area contributed by atoms with Crippen LogP contribution in [0.25, 0.3) is 0 Å². The van der Waals surface area contributed by atoms with Gasteiger partial charge in [-0.3, -0.25) is 4.79 Å². The molecule has 1 aliphatic heterocycles. The molecule has 0 bridgehead atoms. The lowest BCUT2D eigenvalue weighted by Gasteiger charge is -2.39. The Labute approximate surface area is 114 Å². The topological polar surface area (TPSA) is 72.3 Å². The molecule has 2 rings (SSSR count). The van der Waals surface area contributed by atoms with Crippen LogP contribution in [0.3, 0.4) is 0 Å². The van der Waals surface area contributed by atoms with Gasteiger partial charge in [-0.15, -0.1) is 0 Å². The zero-order valence-corrected chi connectivity index (χ0v) is 11.7. The maximum atomic E-state index is 11.4. The summed E-state index contributed by atoms with van der Waals surface area (Å²) in [5.41, 5.74) is 13.0. The maximum absolute atomic E-state index is 11.4. The van der Waals surface area contributed by atoms with Gasteiger partial charge in [0, 0.05) is 24.0 Å². The number of benzene rings is 1. The quantitative estimate of drug-likeness (QED) is 0.820. The summed E-state index contributed by atoms with van der Waals surface area (Å²) in [7, 11) is 0. The van der Waals surface area contributed by atoms with Crippen molar-refractivity contribution in [2.45, 2.75) is 39.2 Å². The van der Waals surface area contributed by atoms with E-state index in [0.717, 1.165) is 18.2 Å².